The Balaban J connectivity index is 3.10. The fraction of sp³-hybridized carbons (Fsp3) is 0.571. The summed E-state index contributed by atoms with van der Waals surface area (Å²) in [7, 11) is 1.40. The zero-order chi connectivity index (χ0) is 15.3. The van der Waals surface area contributed by atoms with Gasteiger partial charge in [0.1, 0.15) is 5.69 Å². The van der Waals surface area contributed by atoms with Crippen molar-refractivity contribution in [1.29, 1.82) is 5.26 Å². The van der Waals surface area contributed by atoms with Crippen LogP contribution in [0, 0.1) is 24.2 Å². The highest BCUT2D eigenvalue weighted by atomic mass is 16.2. The minimum absolute atomic E-state index is 0.171. The number of aromatic nitrogens is 2. The van der Waals surface area contributed by atoms with Gasteiger partial charge in [0.2, 0.25) is 11.7 Å². The lowest BCUT2D eigenvalue weighted by molar-refractivity contribution is -0.121. The van der Waals surface area contributed by atoms with Crippen LogP contribution in [0.2, 0.25) is 0 Å². The van der Waals surface area contributed by atoms with Crippen molar-refractivity contribution in [2.45, 2.75) is 39.7 Å². The van der Waals surface area contributed by atoms with Gasteiger partial charge in [-0.25, -0.2) is 0 Å². The lowest BCUT2D eigenvalue weighted by Gasteiger charge is -2.14. The summed E-state index contributed by atoms with van der Waals surface area (Å²) in [6, 6.07) is 3.58. The number of nitrogens with zero attached hydrogens (tertiary/aromatic N) is 3. The highest BCUT2D eigenvalue weighted by molar-refractivity contribution is 6.11. The highest BCUT2D eigenvalue weighted by Gasteiger charge is 2.29. The molecule has 0 aliphatic carbocycles. The van der Waals surface area contributed by atoms with Crippen molar-refractivity contribution < 1.29 is 9.59 Å². The first-order valence-electron chi connectivity index (χ1n) is 6.71. The first kappa shape index (κ1) is 15.9. The number of carbonyl (C=O) groups is 2. The van der Waals surface area contributed by atoms with Crippen molar-refractivity contribution in [2.75, 3.05) is 7.05 Å². The Morgan fingerprint density at radius 1 is 1.45 bits per heavy atom. The fourth-order valence-corrected chi connectivity index (χ4v) is 2.14. The molecule has 1 heterocycles. The molecule has 0 saturated heterocycles. The Kier molecular flexibility index (Phi) is 5.44. The van der Waals surface area contributed by atoms with E-state index >= 15 is 0 Å². The molecule has 1 N–H and O–H groups in total. The number of amides is 1. The maximum Gasteiger partial charge on any atom is 0.245 e. The van der Waals surface area contributed by atoms with Crippen LogP contribution in [-0.2, 0) is 4.79 Å². The predicted octanol–water partition coefficient (Wildman–Crippen LogP) is 1.62. The summed E-state index contributed by atoms with van der Waals surface area (Å²) < 4.78 is 1.80. The molecule has 1 atom stereocenters. The Labute approximate surface area is 118 Å². The average molecular weight is 276 g/mol. The smallest absolute Gasteiger partial charge is 0.245 e. The zero-order valence-electron chi connectivity index (χ0n) is 12.3. The van der Waals surface area contributed by atoms with Crippen molar-refractivity contribution in [2.24, 2.45) is 5.92 Å². The van der Waals surface area contributed by atoms with Crippen LogP contribution in [0.5, 0.6) is 0 Å². The van der Waals surface area contributed by atoms with Gasteiger partial charge in [0, 0.05) is 12.7 Å². The summed E-state index contributed by atoms with van der Waals surface area (Å²) in [4.78, 5) is 23.7. The quantitative estimate of drug-likeness (QED) is 0.631. The van der Waals surface area contributed by atoms with Crippen molar-refractivity contribution in [1.82, 2.24) is 15.1 Å². The topological polar surface area (TPSA) is 87.8 Å². The fourth-order valence-electron chi connectivity index (χ4n) is 2.14. The standard InChI is InChI=1S/C14H20N4O2/c1-5-10(6-2)18-9(3)7-12(17-18)13(19)11(8-15)14(20)16-4/h7,10-11H,5-6H2,1-4H3,(H,16,20)/t11-/m0/s1. The van der Waals surface area contributed by atoms with Crippen LogP contribution in [0.1, 0.15) is 48.9 Å². The van der Waals surface area contributed by atoms with Gasteiger partial charge < -0.3 is 5.32 Å². The number of nitriles is 1. The zero-order valence-corrected chi connectivity index (χ0v) is 12.3. The highest BCUT2D eigenvalue weighted by Crippen LogP contribution is 2.19. The minimum Gasteiger partial charge on any atom is -0.358 e. The number of hydrogen-bond acceptors (Lipinski definition) is 4. The van der Waals surface area contributed by atoms with E-state index in [2.05, 4.69) is 24.3 Å². The first-order chi connectivity index (χ1) is 9.49. The van der Waals surface area contributed by atoms with Crippen molar-refractivity contribution in [3.63, 3.8) is 0 Å². The molecule has 1 aromatic heterocycles. The van der Waals surface area contributed by atoms with Gasteiger partial charge in [0.05, 0.1) is 12.1 Å². The number of aryl methyl sites for hydroxylation is 1. The normalized spacial score (nSPS) is 12.0. The maximum atomic E-state index is 12.2. The molecule has 108 valence electrons. The lowest BCUT2D eigenvalue weighted by atomic mass is 10.0. The molecule has 0 spiro atoms. The van der Waals surface area contributed by atoms with Crippen LogP contribution in [0.15, 0.2) is 6.07 Å². The molecule has 0 unspecified atom stereocenters. The minimum atomic E-state index is -1.34. The van der Waals surface area contributed by atoms with Crippen LogP contribution < -0.4 is 5.32 Å². The van der Waals surface area contributed by atoms with Crippen molar-refractivity contribution in [3.05, 3.63) is 17.5 Å². The second kappa shape index (κ2) is 6.85. The molecule has 1 rings (SSSR count). The number of hydrogen-bond donors (Lipinski definition) is 1. The van der Waals surface area contributed by atoms with E-state index in [-0.39, 0.29) is 11.7 Å². The Morgan fingerprint density at radius 2 is 2.05 bits per heavy atom. The number of rotatable bonds is 6. The maximum absolute atomic E-state index is 12.2. The molecule has 0 aliphatic heterocycles. The molecular weight excluding hydrogens is 256 g/mol. The number of carbonyl (C=O) groups excluding carboxylic acids is 2. The van der Waals surface area contributed by atoms with E-state index in [0.29, 0.717) is 0 Å². The van der Waals surface area contributed by atoms with E-state index in [1.165, 1.54) is 7.05 Å². The number of Topliss-reactive ketones (excluding diaryl/α,β-unsaturated/α-hetero) is 1. The van der Waals surface area contributed by atoms with Crippen LogP contribution in [0.4, 0.5) is 0 Å². The first-order valence-corrected chi connectivity index (χ1v) is 6.71. The van der Waals surface area contributed by atoms with Gasteiger partial charge in [-0.05, 0) is 25.8 Å². The van der Waals surface area contributed by atoms with Crippen LogP contribution >= 0.6 is 0 Å². The van der Waals surface area contributed by atoms with E-state index in [0.717, 1.165) is 18.5 Å². The summed E-state index contributed by atoms with van der Waals surface area (Å²) in [6.45, 7) is 5.97. The third-order valence-electron chi connectivity index (χ3n) is 3.36. The van der Waals surface area contributed by atoms with Gasteiger partial charge in [0.15, 0.2) is 5.92 Å². The predicted molar refractivity (Wildman–Crippen MR) is 74.1 cm³/mol. The molecule has 0 aromatic carbocycles. The molecule has 6 nitrogen and oxygen atoms in total. The molecule has 20 heavy (non-hydrogen) atoms. The molecule has 0 bridgehead atoms. The Bertz CT molecular complexity index is 538. The molecule has 6 heteroatoms. The molecule has 0 saturated carbocycles. The summed E-state index contributed by atoms with van der Waals surface area (Å²) in [5.74, 6) is -2.50. The van der Waals surface area contributed by atoms with Gasteiger partial charge >= 0.3 is 0 Å². The van der Waals surface area contributed by atoms with E-state index in [1.54, 1.807) is 16.8 Å². The molecule has 0 radical (unpaired) electrons. The number of nitrogens with one attached hydrogen (secondary N) is 1. The van der Waals surface area contributed by atoms with Gasteiger partial charge in [0.25, 0.3) is 0 Å². The molecule has 1 aromatic rings. The molecule has 0 fully saturated rings. The summed E-state index contributed by atoms with van der Waals surface area (Å²) in [5.41, 5.74) is 1.03. The summed E-state index contributed by atoms with van der Waals surface area (Å²) in [6.07, 6.45) is 1.81. The SMILES string of the molecule is CCC(CC)n1nc(C(=O)[C@H](C#N)C(=O)NC)cc1C. The van der Waals surface area contributed by atoms with Gasteiger partial charge in [-0.2, -0.15) is 10.4 Å². The average Bonchev–Trinajstić information content (AvgIpc) is 2.83. The third kappa shape index (κ3) is 3.05. The Hall–Kier alpha value is -2.16. The van der Waals surface area contributed by atoms with Crippen LogP contribution in [-0.4, -0.2) is 28.5 Å². The second-order valence-electron chi connectivity index (χ2n) is 4.63. The molecular formula is C14H20N4O2. The van der Waals surface area contributed by atoms with E-state index in [9.17, 15) is 9.59 Å². The second-order valence-corrected chi connectivity index (χ2v) is 4.63. The van der Waals surface area contributed by atoms with Gasteiger partial charge in [-0.3, -0.25) is 14.3 Å². The van der Waals surface area contributed by atoms with E-state index in [4.69, 9.17) is 5.26 Å². The van der Waals surface area contributed by atoms with E-state index in [1.807, 2.05) is 6.92 Å². The summed E-state index contributed by atoms with van der Waals surface area (Å²) in [5, 5.41) is 15.6. The Morgan fingerprint density at radius 3 is 2.50 bits per heavy atom. The third-order valence-corrected chi connectivity index (χ3v) is 3.36. The van der Waals surface area contributed by atoms with Crippen LogP contribution in [0.25, 0.3) is 0 Å². The summed E-state index contributed by atoms with van der Waals surface area (Å²) >= 11 is 0. The van der Waals surface area contributed by atoms with Crippen molar-refractivity contribution in [3.8, 4) is 6.07 Å². The monoisotopic (exact) mass is 276 g/mol. The van der Waals surface area contributed by atoms with Gasteiger partial charge in [-0.1, -0.05) is 13.8 Å². The molecule has 1 amide bonds. The van der Waals surface area contributed by atoms with Crippen LogP contribution in [0.3, 0.4) is 0 Å². The lowest BCUT2D eigenvalue weighted by Crippen LogP contribution is -2.32. The number of ketones is 1. The van der Waals surface area contributed by atoms with E-state index < -0.39 is 17.6 Å². The van der Waals surface area contributed by atoms with Gasteiger partial charge in [-0.15, -0.1) is 0 Å². The largest absolute Gasteiger partial charge is 0.358 e. The van der Waals surface area contributed by atoms with Crippen molar-refractivity contribution >= 4 is 11.7 Å². The molecule has 0 aliphatic rings.